The van der Waals surface area contributed by atoms with Gasteiger partial charge in [-0.1, -0.05) is 59.6 Å². The summed E-state index contributed by atoms with van der Waals surface area (Å²) in [5.41, 5.74) is 6.54. The number of aryl methyl sites for hydroxylation is 1. The number of benzene rings is 1. The number of aliphatic imine (C=N–C) groups is 2. The van der Waals surface area contributed by atoms with Crippen molar-refractivity contribution in [2.24, 2.45) is 15.9 Å². The van der Waals surface area contributed by atoms with E-state index in [1.54, 1.807) is 13.4 Å². The Balaban J connectivity index is 3.60. The number of rotatable bonds is 10. The third kappa shape index (κ3) is 9.49. The highest BCUT2D eigenvalue weighted by Crippen LogP contribution is 2.24. The van der Waals surface area contributed by atoms with Crippen molar-refractivity contribution in [3.8, 4) is 12.3 Å². The van der Waals surface area contributed by atoms with Gasteiger partial charge >= 0.3 is 0 Å². The summed E-state index contributed by atoms with van der Waals surface area (Å²) in [5, 5.41) is 0. The van der Waals surface area contributed by atoms with Gasteiger partial charge in [0.1, 0.15) is 6.34 Å². The van der Waals surface area contributed by atoms with Gasteiger partial charge in [0.25, 0.3) is 0 Å². The van der Waals surface area contributed by atoms with E-state index < -0.39 is 0 Å². The molecule has 0 amide bonds. The smallest absolute Gasteiger partial charge is 0.110 e. The van der Waals surface area contributed by atoms with Gasteiger partial charge < -0.3 is 4.74 Å². The van der Waals surface area contributed by atoms with Gasteiger partial charge in [0.05, 0.1) is 24.5 Å². The summed E-state index contributed by atoms with van der Waals surface area (Å²) >= 11 is 0. The second-order valence-corrected chi connectivity index (χ2v) is 7.65. The molecule has 1 aromatic rings. The number of ether oxygens (including phenoxy) is 1. The van der Waals surface area contributed by atoms with Crippen molar-refractivity contribution in [2.75, 3.05) is 13.7 Å². The van der Waals surface area contributed by atoms with E-state index in [0.717, 1.165) is 34.6 Å². The van der Waals surface area contributed by atoms with Crippen LogP contribution in [0.25, 0.3) is 5.57 Å². The molecule has 0 aliphatic heterocycles. The molecule has 1 aromatic carbocycles. The Morgan fingerprint density at radius 3 is 2.55 bits per heavy atom. The summed E-state index contributed by atoms with van der Waals surface area (Å²) in [5.74, 6) is 3.56. The molecular weight excluding hydrogens is 380 g/mol. The number of methoxy groups -OCH3 is 1. The fraction of sp³-hybridized carbons (Fsp3) is 0.357. The minimum absolute atomic E-state index is 0.142. The molecule has 0 saturated carbocycles. The average molecular weight is 417 g/mol. The number of nitrogens with zero attached hydrogens (tertiary/aromatic N) is 2. The largest absolute Gasteiger partial charge is 0.501 e. The monoisotopic (exact) mass is 416 g/mol. The fourth-order valence-electron chi connectivity index (χ4n) is 2.85. The quantitative estimate of drug-likeness (QED) is 0.133. The molecule has 0 bridgehead atoms. The van der Waals surface area contributed by atoms with Gasteiger partial charge in [-0.25, -0.2) is 4.99 Å². The van der Waals surface area contributed by atoms with E-state index in [0.29, 0.717) is 6.54 Å². The normalized spacial score (nSPS) is 14.4. The Hall–Kier alpha value is -3.12. The second kappa shape index (κ2) is 14.0. The number of hydrogen-bond acceptors (Lipinski definition) is 2. The van der Waals surface area contributed by atoms with Crippen LogP contribution in [0, 0.1) is 25.2 Å². The highest BCUT2D eigenvalue weighted by molar-refractivity contribution is 6.27. The molecule has 1 atom stereocenters. The molecule has 0 aliphatic carbocycles. The molecule has 0 aromatic heterocycles. The van der Waals surface area contributed by atoms with Crippen LogP contribution in [0.15, 0.2) is 75.5 Å². The molecule has 0 aliphatic rings. The Morgan fingerprint density at radius 1 is 1.23 bits per heavy atom. The summed E-state index contributed by atoms with van der Waals surface area (Å²) in [6, 6.07) is 8.42. The highest BCUT2D eigenvalue weighted by Gasteiger charge is 2.15. The lowest BCUT2D eigenvalue weighted by Crippen LogP contribution is -2.12. The van der Waals surface area contributed by atoms with Crippen LogP contribution in [-0.4, -0.2) is 25.7 Å². The maximum absolute atomic E-state index is 5.80. The first-order valence-electron chi connectivity index (χ1n) is 10.7. The molecule has 0 fully saturated rings. The molecule has 1 unspecified atom stereocenters. The van der Waals surface area contributed by atoms with E-state index >= 15 is 0 Å². The molecule has 1 rings (SSSR count). The molecule has 0 heterocycles. The Kier molecular flexibility index (Phi) is 11.7. The van der Waals surface area contributed by atoms with E-state index in [1.165, 1.54) is 11.1 Å². The van der Waals surface area contributed by atoms with E-state index in [2.05, 4.69) is 85.2 Å². The summed E-state index contributed by atoms with van der Waals surface area (Å²) in [4.78, 5) is 8.93. The zero-order valence-electron chi connectivity index (χ0n) is 20.1. The summed E-state index contributed by atoms with van der Waals surface area (Å²) in [6.45, 7) is 12.9. The summed E-state index contributed by atoms with van der Waals surface area (Å²) < 4.78 is 5.37. The minimum atomic E-state index is -0.142. The van der Waals surface area contributed by atoms with Gasteiger partial charge in [0, 0.05) is 12.1 Å². The second-order valence-electron chi connectivity index (χ2n) is 7.65. The first-order chi connectivity index (χ1) is 14.8. The van der Waals surface area contributed by atoms with E-state index in [-0.39, 0.29) is 5.92 Å². The van der Waals surface area contributed by atoms with Crippen molar-refractivity contribution in [3.05, 3.63) is 76.6 Å². The van der Waals surface area contributed by atoms with Crippen LogP contribution >= 0.6 is 0 Å². The molecule has 3 heteroatoms. The molecular formula is C28H36N2O. The van der Waals surface area contributed by atoms with E-state index in [9.17, 15) is 0 Å². The third-order valence-electron chi connectivity index (χ3n) is 4.61. The van der Waals surface area contributed by atoms with Crippen LogP contribution in [0.1, 0.15) is 52.2 Å². The lowest BCUT2D eigenvalue weighted by Gasteiger charge is -2.15. The summed E-state index contributed by atoms with van der Waals surface area (Å²) in [6.07, 6.45) is 16.6. The number of terminal acetylenes is 1. The van der Waals surface area contributed by atoms with Crippen molar-refractivity contribution < 1.29 is 4.74 Å². The Labute approximate surface area is 189 Å². The lowest BCUT2D eigenvalue weighted by molar-refractivity contribution is 0.293. The molecule has 164 valence electrons. The van der Waals surface area contributed by atoms with E-state index in [1.807, 2.05) is 20.8 Å². The predicted octanol–water partition coefficient (Wildman–Crippen LogP) is 6.97. The Bertz CT molecular complexity index is 945. The van der Waals surface area contributed by atoms with Gasteiger partial charge in [-0.3, -0.25) is 4.99 Å². The third-order valence-corrected chi connectivity index (χ3v) is 4.61. The first kappa shape index (κ1) is 25.9. The number of allylic oxidation sites excluding steroid dienone is 8. The maximum Gasteiger partial charge on any atom is 0.110 e. The molecule has 0 radical (unpaired) electrons. The molecule has 3 nitrogen and oxygen atoms in total. The Morgan fingerprint density at radius 2 is 1.97 bits per heavy atom. The topological polar surface area (TPSA) is 34.0 Å². The van der Waals surface area contributed by atoms with Gasteiger partial charge in [-0.05, 0) is 65.2 Å². The van der Waals surface area contributed by atoms with Gasteiger partial charge in [-0.2, -0.15) is 0 Å². The lowest BCUT2D eigenvalue weighted by atomic mass is 9.90. The molecule has 0 spiro atoms. The highest BCUT2D eigenvalue weighted by atomic mass is 16.5. The maximum atomic E-state index is 5.80. The zero-order valence-corrected chi connectivity index (χ0v) is 20.1. The van der Waals surface area contributed by atoms with Gasteiger partial charge in [-0.15, -0.1) is 6.42 Å². The minimum Gasteiger partial charge on any atom is -0.501 e. The van der Waals surface area contributed by atoms with Crippen LogP contribution in [0.2, 0.25) is 0 Å². The van der Waals surface area contributed by atoms with Crippen molar-refractivity contribution in [1.29, 1.82) is 0 Å². The zero-order chi connectivity index (χ0) is 23.2. The molecule has 31 heavy (non-hydrogen) atoms. The van der Waals surface area contributed by atoms with Gasteiger partial charge in [0.2, 0.25) is 0 Å². The van der Waals surface area contributed by atoms with Crippen LogP contribution in [0.5, 0.6) is 0 Å². The molecule has 0 N–H and O–H groups in total. The van der Waals surface area contributed by atoms with E-state index in [4.69, 9.17) is 11.2 Å². The number of hydrogen-bond donors (Lipinski definition) is 0. The fourth-order valence-corrected chi connectivity index (χ4v) is 2.85. The van der Waals surface area contributed by atoms with Crippen LogP contribution in [0.4, 0.5) is 0 Å². The SMILES string of the molecule is C#CC(C)C(=N\C=N/CC)/C(=C\CC(=C/C=C(C)C)/C=C(\C)OC)c1cccc(C)c1. The van der Waals surface area contributed by atoms with Gasteiger partial charge in [0.15, 0.2) is 0 Å². The van der Waals surface area contributed by atoms with Crippen molar-refractivity contribution in [3.63, 3.8) is 0 Å². The van der Waals surface area contributed by atoms with Crippen molar-refractivity contribution >= 4 is 17.6 Å². The van der Waals surface area contributed by atoms with Crippen molar-refractivity contribution in [2.45, 2.75) is 48.0 Å². The van der Waals surface area contributed by atoms with Crippen molar-refractivity contribution in [1.82, 2.24) is 0 Å². The first-order valence-corrected chi connectivity index (χ1v) is 10.7. The van der Waals surface area contributed by atoms with Crippen LogP contribution < -0.4 is 0 Å². The van der Waals surface area contributed by atoms with Crippen LogP contribution in [-0.2, 0) is 4.74 Å². The standard InChI is InChI=1S/C28H36N2O/c1-9-23(6)28(30-20-29-10-2)27(26-13-11-12-22(5)18-26)17-16-25(15-14-21(3)4)19-24(7)31-8/h1,11-15,17-20,23H,10,16H2,2-8H3/b24-19+,25-15-,27-17-,29-20-,30-28+. The molecule has 0 saturated heterocycles. The average Bonchev–Trinajstić information content (AvgIpc) is 2.75. The van der Waals surface area contributed by atoms with Crippen LogP contribution in [0.3, 0.4) is 0 Å². The predicted molar refractivity (Wildman–Crippen MR) is 137 cm³/mol. The summed E-state index contributed by atoms with van der Waals surface area (Å²) in [7, 11) is 1.69.